The predicted octanol–water partition coefficient (Wildman–Crippen LogP) is 11.0. The molecule has 0 heterocycles. The first-order chi connectivity index (χ1) is 13.8. The fraction of sp³-hybridized carbons (Fsp3) is 1.00. The first-order valence-corrected chi connectivity index (χ1v) is 13.8. The van der Waals surface area contributed by atoms with Crippen LogP contribution < -0.4 is 0 Å². The summed E-state index contributed by atoms with van der Waals surface area (Å²) >= 11 is 0. The molecule has 0 bridgehead atoms. The molecule has 2 atom stereocenters. The van der Waals surface area contributed by atoms with Crippen LogP contribution in [0.2, 0.25) is 0 Å². The van der Waals surface area contributed by atoms with Crippen LogP contribution in [0.25, 0.3) is 0 Å². The van der Waals surface area contributed by atoms with Crippen molar-refractivity contribution in [1.29, 1.82) is 0 Å². The Balaban J connectivity index is 5.98. The van der Waals surface area contributed by atoms with E-state index in [1.165, 1.54) is 109 Å². The van der Waals surface area contributed by atoms with Gasteiger partial charge in [-0.1, -0.05) is 139 Å². The third-order valence-electron chi connectivity index (χ3n) is 7.79. The quantitative estimate of drug-likeness (QED) is 0.186. The molecule has 0 saturated heterocycles. The standard InChI is InChI=1S/C29H60/c1-9-14-18-22-26(13-5)29(24-20-16-11-3,25-21-17-12-4)27(28(6,7)8)23-19-15-10-2/h26-27H,9-25H2,1-8H3. The molecule has 0 aromatic rings. The van der Waals surface area contributed by atoms with Crippen molar-refractivity contribution < 1.29 is 0 Å². The summed E-state index contributed by atoms with van der Waals surface area (Å²) in [6.07, 6.45) is 24.2. The van der Waals surface area contributed by atoms with E-state index in [0.717, 1.165) is 11.8 Å². The SMILES string of the molecule is CCCCCC(CC)C(CCCCC)(CCCCC)C(CCCCC)C(C)(C)C. The van der Waals surface area contributed by atoms with Crippen LogP contribution in [0.5, 0.6) is 0 Å². The molecule has 0 aliphatic carbocycles. The first-order valence-electron chi connectivity index (χ1n) is 13.8. The van der Waals surface area contributed by atoms with Crippen LogP contribution in [0.15, 0.2) is 0 Å². The van der Waals surface area contributed by atoms with Gasteiger partial charge in [0, 0.05) is 0 Å². The van der Waals surface area contributed by atoms with Crippen LogP contribution >= 0.6 is 0 Å². The lowest BCUT2D eigenvalue weighted by atomic mass is 9.52. The van der Waals surface area contributed by atoms with Crippen molar-refractivity contribution in [3.05, 3.63) is 0 Å². The molecule has 0 N–H and O–H groups in total. The Morgan fingerprint density at radius 3 is 1.31 bits per heavy atom. The van der Waals surface area contributed by atoms with Gasteiger partial charge in [-0.3, -0.25) is 0 Å². The molecule has 0 amide bonds. The maximum Gasteiger partial charge on any atom is -0.0236 e. The van der Waals surface area contributed by atoms with Crippen LogP contribution in [-0.4, -0.2) is 0 Å². The summed E-state index contributed by atoms with van der Waals surface area (Å²) in [5.74, 6) is 1.80. The normalized spacial score (nSPS) is 14.9. The number of hydrogen-bond donors (Lipinski definition) is 0. The first kappa shape index (κ1) is 29.0. The van der Waals surface area contributed by atoms with Gasteiger partial charge in [0.05, 0.1) is 0 Å². The second-order valence-electron chi connectivity index (χ2n) is 11.2. The summed E-state index contributed by atoms with van der Waals surface area (Å²) in [6.45, 7) is 19.7. The molecular weight excluding hydrogens is 348 g/mol. The molecule has 0 aromatic carbocycles. The molecule has 2 unspecified atom stereocenters. The average Bonchev–Trinajstić information content (AvgIpc) is 2.67. The molecule has 0 fully saturated rings. The zero-order valence-corrected chi connectivity index (χ0v) is 22.2. The number of unbranched alkanes of at least 4 members (excludes halogenated alkanes) is 8. The molecule has 0 nitrogen and oxygen atoms in total. The zero-order valence-electron chi connectivity index (χ0n) is 22.2. The van der Waals surface area contributed by atoms with Crippen LogP contribution in [0, 0.1) is 22.7 Å². The zero-order chi connectivity index (χ0) is 22.2. The molecular formula is C29H60. The van der Waals surface area contributed by atoms with Crippen LogP contribution in [-0.2, 0) is 0 Å². The van der Waals surface area contributed by atoms with Crippen molar-refractivity contribution in [2.45, 2.75) is 165 Å². The van der Waals surface area contributed by atoms with Crippen molar-refractivity contribution in [2.75, 3.05) is 0 Å². The topological polar surface area (TPSA) is 0 Å². The van der Waals surface area contributed by atoms with Gasteiger partial charge in [0.1, 0.15) is 0 Å². The van der Waals surface area contributed by atoms with Gasteiger partial charge in [0.15, 0.2) is 0 Å². The van der Waals surface area contributed by atoms with Crippen LogP contribution in [0.1, 0.15) is 165 Å². The second kappa shape index (κ2) is 16.7. The van der Waals surface area contributed by atoms with Crippen LogP contribution in [0.3, 0.4) is 0 Å². The highest BCUT2D eigenvalue weighted by molar-refractivity contribution is 4.96. The van der Waals surface area contributed by atoms with Crippen molar-refractivity contribution in [2.24, 2.45) is 22.7 Å². The summed E-state index contributed by atoms with van der Waals surface area (Å²) in [4.78, 5) is 0. The Hall–Kier alpha value is 0. The highest BCUT2D eigenvalue weighted by Crippen LogP contribution is 2.56. The molecule has 0 saturated carbocycles. The summed E-state index contributed by atoms with van der Waals surface area (Å²) in [5.41, 5.74) is 0.989. The van der Waals surface area contributed by atoms with E-state index in [9.17, 15) is 0 Å². The van der Waals surface area contributed by atoms with Gasteiger partial charge in [0.2, 0.25) is 0 Å². The van der Waals surface area contributed by atoms with E-state index in [4.69, 9.17) is 0 Å². The van der Waals surface area contributed by atoms with Gasteiger partial charge < -0.3 is 0 Å². The van der Waals surface area contributed by atoms with E-state index in [1.54, 1.807) is 0 Å². The Bertz CT molecular complexity index is 338. The molecule has 0 aliphatic heterocycles. The van der Waals surface area contributed by atoms with Gasteiger partial charge >= 0.3 is 0 Å². The maximum absolute atomic E-state index is 2.57. The van der Waals surface area contributed by atoms with E-state index >= 15 is 0 Å². The Morgan fingerprint density at radius 2 is 0.931 bits per heavy atom. The lowest BCUT2D eigenvalue weighted by Crippen LogP contribution is -2.44. The van der Waals surface area contributed by atoms with Crippen molar-refractivity contribution in [3.63, 3.8) is 0 Å². The molecule has 29 heavy (non-hydrogen) atoms. The van der Waals surface area contributed by atoms with E-state index in [1.807, 2.05) is 0 Å². The number of hydrogen-bond acceptors (Lipinski definition) is 0. The van der Waals surface area contributed by atoms with Gasteiger partial charge in [-0.25, -0.2) is 0 Å². The molecule has 0 spiro atoms. The smallest absolute Gasteiger partial charge is 0.0236 e. The summed E-state index contributed by atoms with van der Waals surface area (Å²) in [7, 11) is 0. The van der Waals surface area contributed by atoms with E-state index in [-0.39, 0.29) is 0 Å². The summed E-state index contributed by atoms with van der Waals surface area (Å²) in [6, 6.07) is 0. The largest absolute Gasteiger partial charge is 0.0654 e. The molecule has 176 valence electrons. The molecule has 0 aromatic heterocycles. The third kappa shape index (κ3) is 10.7. The lowest BCUT2D eigenvalue weighted by molar-refractivity contribution is -0.0331. The fourth-order valence-electron chi connectivity index (χ4n) is 6.29. The van der Waals surface area contributed by atoms with Crippen LogP contribution in [0.4, 0.5) is 0 Å². The minimum atomic E-state index is 0.421. The maximum atomic E-state index is 2.57. The third-order valence-corrected chi connectivity index (χ3v) is 7.79. The van der Waals surface area contributed by atoms with Gasteiger partial charge in [-0.2, -0.15) is 0 Å². The van der Waals surface area contributed by atoms with E-state index in [0.29, 0.717) is 10.8 Å². The highest BCUT2D eigenvalue weighted by Gasteiger charge is 2.47. The van der Waals surface area contributed by atoms with Gasteiger partial charge in [0.25, 0.3) is 0 Å². The predicted molar refractivity (Wildman–Crippen MR) is 136 cm³/mol. The second-order valence-corrected chi connectivity index (χ2v) is 11.2. The lowest BCUT2D eigenvalue weighted by Gasteiger charge is -2.53. The molecule has 0 aliphatic rings. The Labute approximate surface area is 187 Å². The van der Waals surface area contributed by atoms with Gasteiger partial charge in [-0.05, 0) is 48.3 Å². The summed E-state index contributed by atoms with van der Waals surface area (Å²) in [5, 5.41) is 0. The minimum Gasteiger partial charge on any atom is -0.0654 e. The Morgan fingerprint density at radius 1 is 0.517 bits per heavy atom. The fourth-order valence-corrected chi connectivity index (χ4v) is 6.29. The molecule has 0 heteroatoms. The Kier molecular flexibility index (Phi) is 16.7. The van der Waals surface area contributed by atoms with Crippen molar-refractivity contribution >= 4 is 0 Å². The van der Waals surface area contributed by atoms with E-state index < -0.39 is 0 Å². The monoisotopic (exact) mass is 408 g/mol. The van der Waals surface area contributed by atoms with Gasteiger partial charge in [-0.15, -0.1) is 0 Å². The van der Waals surface area contributed by atoms with Crippen molar-refractivity contribution in [1.82, 2.24) is 0 Å². The van der Waals surface area contributed by atoms with Crippen molar-refractivity contribution in [3.8, 4) is 0 Å². The number of rotatable bonds is 19. The highest BCUT2D eigenvalue weighted by atomic mass is 14.5. The van der Waals surface area contributed by atoms with E-state index in [2.05, 4.69) is 55.4 Å². The average molecular weight is 409 g/mol. The molecule has 0 radical (unpaired) electrons. The molecule has 0 rings (SSSR count). The summed E-state index contributed by atoms with van der Waals surface area (Å²) < 4.78 is 0. The minimum absolute atomic E-state index is 0.421.